The van der Waals surface area contributed by atoms with E-state index in [9.17, 15) is 9.59 Å². The number of imidazole rings is 1. The van der Waals surface area contributed by atoms with Gasteiger partial charge in [0, 0.05) is 49.6 Å². The van der Waals surface area contributed by atoms with Gasteiger partial charge in [-0.05, 0) is 55.9 Å². The maximum atomic E-state index is 12.8. The Hall–Kier alpha value is -3.88. The highest BCUT2D eigenvalue weighted by Gasteiger charge is 2.28. The number of fused-ring (bicyclic) bond motifs is 1. The van der Waals surface area contributed by atoms with E-state index in [0.717, 1.165) is 53.7 Å². The van der Waals surface area contributed by atoms with Crippen LogP contribution in [0.5, 0.6) is 5.75 Å². The molecule has 1 fully saturated rings. The van der Waals surface area contributed by atoms with Gasteiger partial charge in [0.15, 0.2) is 5.82 Å². The van der Waals surface area contributed by atoms with Crippen molar-refractivity contribution in [2.24, 2.45) is 18.9 Å². The van der Waals surface area contributed by atoms with Gasteiger partial charge in [-0.2, -0.15) is 5.10 Å². The maximum Gasteiger partial charge on any atom is 0.328 e. The van der Waals surface area contributed by atoms with E-state index in [2.05, 4.69) is 20.5 Å². The van der Waals surface area contributed by atoms with E-state index in [-0.39, 0.29) is 17.5 Å². The monoisotopic (exact) mass is 460 g/mol. The quantitative estimate of drug-likeness (QED) is 0.457. The van der Waals surface area contributed by atoms with Crippen LogP contribution in [0.2, 0.25) is 0 Å². The van der Waals surface area contributed by atoms with Crippen LogP contribution < -0.4 is 15.7 Å². The first-order valence-corrected chi connectivity index (χ1v) is 11.5. The highest BCUT2D eigenvalue weighted by molar-refractivity contribution is 5.92. The number of aryl methyl sites for hydroxylation is 1. The van der Waals surface area contributed by atoms with Gasteiger partial charge in [0.2, 0.25) is 5.91 Å². The van der Waals surface area contributed by atoms with Gasteiger partial charge in [0.1, 0.15) is 5.75 Å². The predicted molar refractivity (Wildman–Crippen MR) is 130 cm³/mol. The van der Waals surface area contributed by atoms with E-state index in [0.29, 0.717) is 18.3 Å². The van der Waals surface area contributed by atoms with Gasteiger partial charge < -0.3 is 10.1 Å². The number of hydrogen-bond acceptors (Lipinski definition) is 5. The molecule has 3 aromatic heterocycles. The molecule has 4 aromatic rings. The molecule has 3 heterocycles. The number of carbonyl (C=O) groups is 1. The van der Waals surface area contributed by atoms with Crippen molar-refractivity contribution in [1.29, 1.82) is 0 Å². The average Bonchev–Trinajstić information content (AvgIpc) is 3.43. The lowest BCUT2D eigenvalue weighted by molar-refractivity contribution is -0.121. The number of ether oxygens (including phenoxy) is 1. The van der Waals surface area contributed by atoms with E-state index < -0.39 is 0 Å². The number of aromatic nitrogens is 5. The second-order valence-electron chi connectivity index (χ2n) is 8.92. The summed E-state index contributed by atoms with van der Waals surface area (Å²) in [6.45, 7) is 0.644. The Morgan fingerprint density at radius 3 is 2.74 bits per heavy atom. The summed E-state index contributed by atoms with van der Waals surface area (Å²) < 4.78 is 8.87. The number of nitrogens with zero attached hydrogens (tertiary/aromatic N) is 4. The largest absolute Gasteiger partial charge is 0.497 e. The number of pyridine rings is 1. The summed E-state index contributed by atoms with van der Waals surface area (Å²) in [5.41, 5.74) is 3.48. The number of aromatic amines is 1. The number of nitrogens with one attached hydrogen (secondary N) is 2. The Labute approximate surface area is 196 Å². The molecule has 0 radical (unpaired) electrons. The normalized spacial score (nSPS) is 18.2. The molecule has 2 N–H and O–H groups in total. The van der Waals surface area contributed by atoms with Crippen molar-refractivity contribution >= 4 is 22.8 Å². The average molecular weight is 461 g/mol. The molecule has 34 heavy (non-hydrogen) atoms. The Bertz CT molecular complexity index is 1360. The number of rotatable bonds is 6. The van der Waals surface area contributed by atoms with Crippen LogP contribution in [0.4, 0.5) is 5.82 Å². The molecule has 0 aliphatic heterocycles. The summed E-state index contributed by atoms with van der Waals surface area (Å²) in [7, 11) is 3.42. The Balaban J connectivity index is 1.21. The van der Waals surface area contributed by atoms with Crippen molar-refractivity contribution in [3.63, 3.8) is 0 Å². The summed E-state index contributed by atoms with van der Waals surface area (Å²) in [5.74, 6) is 1.54. The predicted octanol–water partition coefficient (Wildman–Crippen LogP) is 3.58. The van der Waals surface area contributed by atoms with Crippen molar-refractivity contribution in [2.45, 2.75) is 32.2 Å². The van der Waals surface area contributed by atoms with Gasteiger partial charge in [-0.1, -0.05) is 0 Å². The van der Waals surface area contributed by atoms with Crippen LogP contribution in [0.1, 0.15) is 25.7 Å². The zero-order valence-electron chi connectivity index (χ0n) is 19.3. The first-order valence-electron chi connectivity index (χ1n) is 11.5. The minimum absolute atomic E-state index is 0.00486. The van der Waals surface area contributed by atoms with E-state index >= 15 is 0 Å². The SMILES string of the molecule is COc1ccc2c(c1)n(CC1CCC(C(=O)Nc3cc(-c4cccnc4)[nH]n3)CC1)c(=O)n2C. The van der Waals surface area contributed by atoms with Crippen molar-refractivity contribution in [2.75, 3.05) is 12.4 Å². The molecule has 0 unspecified atom stereocenters. The van der Waals surface area contributed by atoms with E-state index in [1.54, 1.807) is 31.1 Å². The maximum absolute atomic E-state index is 12.8. The Morgan fingerprint density at radius 2 is 2.00 bits per heavy atom. The number of carbonyl (C=O) groups excluding carboxylic acids is 1. The minimum Gasteiger partial charge on any atom is -0.497 e. The summed E-state index contributed by atoms with van der Waals surface area (Å²) in [5, 5.41) is 10.1. The number of hydrogen-bond donors (Lipinski definition) is 2. The van der Waals surface area contributed by atoms with Gasteiger partial charge in [-0.25, -0.2) is 4.79 Å². The van der Waals surface area contributed by atoms with Crippen LogP contribution in [0, 0.1) is 11.8 Å². The molecule has 9 nitrogen and oxygen atoms in total. The third kappa shape index (κ3) is 4.21. The summed E-state index contributed by atoms with van der Waals surface area (Å²) in [4.78, 5) is 29.8. The number of amides is 1. The van der Waals surface area contributed by atoms with Crippen molar-refractivity contribution < 1.29 is 9.53 Å². The van der Waals surface area contributed by atoms with Gasteiger partial charge in [0.05, 0.1) is 23.8 Å². The van der Waals surface area contributed by atoms with Gasteiger partial charge >= 0.3 is 5.69 Å². The molecule has 0 atom stereocenters. The molecule has 1 aliphatic rings. The highest BCUT2D eigenvalue weighted by Crippen LogP contribution is 2.32. The van der Waals surface area contributed by atoms with Crippen LogP contribution >= 0.6 is 0 Å². The summed E-state index contributed by atoms with van der Waals surface area (Å²) >= 11 is 0. The fourth-order valence-corrected chi connectivity index (χ4v) is 4.84. The van der Waals surface area contributed by atoms with Crippen LogP contribution in [-0.4, -0.2) is 37.3 Å². The van der Waals surface area contributed by atoms with Crippen LogP contribution in [0.25, 0.3) is 22.3 Å². The minimum atomic E-state index is -0.0564. The van der Waals surface area contributed by atoms with Crippen molar-refractivity contribution in [3.05, 3.63) is 59.3 Å². The van der Waals surface area contributed by atoms with Crippen molar-refractivity contribution in [3.8, 4) is 17.0 Å². The van der Waals surface area contributed by atoms with E-state index in [4.69, 9.17) is 4.74 Å². The lowest BCUT2D eigenvalue weighted by Gasteiger charge is -2.27. The van der Waals surface area contributed by atoms with Gasteiger partial charge in [-0.15, -0.1) is 0 Å². The van der Waals surface area contributed by atoms with Crippen LogP contribution in [0.3, 0.4) is 0 Å². The van der Waals surface area contributed by atoms with Gasteiger partial charge in [-0.3, -0.25) is 24.0 Å². The number of H-pyrrole nitrogens is 1. The Morgan fingerprint density at radius 1 is 1.18 bits per heavy atom. The number of methoxy groups -OCH3 is 1. The third-order valence-corrected chi connectivity index (χ3v) is 6.81. The fourth-order valence-electron chi connectivity index (χ4n) is 4.84. The molecule has 1 saturated carbocycles. The first-order chi connectivity index (χ1) is 16.5. The van der Waals surface area contributed by atoms with Gasteiger partial charge in [0.25, 0.3) is 0 Å². The Kier molecular flexibility index (Phi) is 5.91. The lowest BCUT2D eigenvalue weighted by Crippen LogP contribution is -2.31. The molecule has 0 spiro atoms. The van der Waals surface area contributed by atoms with E-state index in [1.807, 2.05) is 41.0 Å². The molecule has 9 heteroatoms. The molecule has 176 valence electrons. The first kappa shape index (κ1) is 21.9. The number of benzene rings is 1. The third-order valence-electron chi connectivity index (χ3n) is 6.81. The second-order valence-corrected chi connectivity index (χ2v) is 8.92. The topological polar surface area (TPSA) is 107 Å². The zero-order chi connectivity index (χ0) is 23.7. The smallest absolute Gasteiger partial charge is 0.328 e. The standard InChI is InChI=1S/C25H28N6O3/c1-30-21-10-9-19(34-2)12-22(21)31(25(30)33)15-16-5-7-17(8-6-16)24(32)27-23-13-20(28-29-23)18-4-3-11-26-14-18/h3-4,9-14,16-17H,5-8,15H2,1-2H3,(H2,27,28,29,32). The molecular weight excluding hydrogens is 432 g/mol. The highest BCUT2D eigenvalue weighted by atomic mass is 16.5. The summed E-state index contributed by atoms with van der Waals surface area (Å²) in [6.07, 6.45) is 6.83. The molecule has 0 bridgehead atoms. The van der Waals surface area contributed by atoms with Crippen LogP contribution in [-0.2, 0) is 18.4 Å². The molecular formula is C25H28N6O3. The zero-order valence-corrected chi connectivity index (χ0v) is 19.3. The molecule has 1 aliphatic carbocycles. The molecule has 1 amide bonds. The summed E-state index contributed by atoms with van der Waals surface area (Å²) in [6, 6.07) is 11.3. The van der Waals surface area contributed by atoms with Crippen LogP contribution in [0.15, 0.2) is 53.6 Å². The molecule has 1 aromatic carbocycles. The second kappa shape index (κ2) is 9.17. The molecule has 0 saturated heterocycles. The number of anilines is 1. The lowest BCUT2D eigenvalue weighted by atomic mass is 9.81. The van der Waals surface area contributed by atoms with Crippen molar-refractivity contribution in [1.82, 2.24) is 24.3 Å². The molecule has 5 rings (SSSR count). The van der Waals surface area contributed by atoms with E-state index in [1.165, 1.54) is 0 Å². The fraction of sp³-hybridized carbons (Fsp3) is 0.360.